The number of non-ortho nitro benzene ring substituents is 1. The molecule has 0 radical (unpaired) electrons. The van der Waals surface area contributed by atoms with E-state index in [0.29, 0.717) is 16.7 Å². The molecule has 32 heavy (non-hydrogen) atoms. The number of hydrazone groups is 1. The Morgan fingerprint density at radius 1 is 0.906 bits per heavy atom. The van der Waals surface area contributed by atoms with Crippen LogP contribution in [-0.4, -0.2) is 28.1 Å². The van der Waals surface area contributed by atoms with Crippen LogP contribution >= 0.6 is 0 Å². The van der Waals surface area contributed by atoms with Crippen molar-refractivity contribution < 1.29 is 19.6 Å². The van der Waals surface area contributed by atoms with Gasteiger partial charge in [0.2, 0.25) is 0 Å². The minimum Gasteiger partial charge on any atom is -0.508 e. The number of nitrogens with one attached hydrogen (secondary N) is 2. The maximum Gasteiger partial charge on any atom is 0.287 e. The van der Waals surface area contributed by atoms with Crippen LogP contribution in [-0.2, 0) is 4.79 Å². The van der Waals surface area contributed by atoms with Crippen LogP contribution in [0.5, 0.6) is 5.75 Å². The van der Waals surface area contributed by atoms with Gasteiger partial charge in [-0.2, -0.15) is 5.10 Å². The number of nitrogens with zero attached hydrogens (tertiary/aromatic N) is 2. The highest BCUT2D eigenvalue weighted by atomic mass is 16.6. The largest absolute Gasteiger partial charge is 0.508 e. The maximum absolute atomic E-state index is 12.7. The van der Waals surface area contributed by atoms with Gasteiger partial charge in [-0.3, -0.25) is 19.7 Å². The molecule has 3 aromatic carbocycles. The van der Waals surface area contributed by atoms with Gasteiger partial charge in [-0.25, -0.2) is 5.43 Å². The van der Waals surface area contributed by atoms with Crippen molar-refractivity contribution >= 4 is 29.8 Å². The lowest BCUT2D eigenvalue weighted by Crippen LogP contribution is -2.32. The van der Waals surface area contributed by atoms with Gasteiger partial charge >= 0.3 is 0 Å². The SMILES string of the molecule is O=C(N/N=C\c1ccc(O)cc1)/C(=C/c1ccc([N+](=O)[O-])cc1)NC(=O)c1ccccc1. The quantitative estimate of drug-likeness (QED) is 0.229. The summed E-state index contributed by atoms with van der Waals surface area (Å²) in [7, 11) is 0. The summed E-state index contributed by atoms with van der Waals surface area (Å²) < 4.78 is 0. The van der Waals surface area contributed by atoms with Crippen molar-refractivity contribution in [1.82, 2.24) is 10.7 Å². The average Bonchev–Trinajstić information content (AvgIpc) is 2.80. The molecule has 0 aliphatic carbocycles. The Bertz CT molecular complexity index is 1170. The summed E-state index contributed by atoms with van der Waals surface area (Å²) in [5, 5.41) is 26.6. The molecule has 9 nitrogen and oxygen atoms in total. The predicted octanol–water partition coefficient (Wildman–Crippen LogP) is 3.22. The highest BCUT2D eigenvalue weighted by Crippen LogP contribution is 2.14. The van der Waals surface area contributed by atoms with Gasteiger partial charge in [-0.15, -0.1) is 0 Å². The second kappa shape index (κ2) is 10.3. The summed E-state index contributed by atoms with van der Waals surface area (Å²) >= 11 is 0. The Hall–Kier alpha value is -4.79. The predicted molar refractivity (Wildman–Crippen MR) is 119 cm³/mol. The molecule has 0 aliphatic rings. The molecule has 0 saturated carbocycles. The van der Waals surface area contributed by atoms with Crippen molar-refractivity contribution in [3.8, 4) is 5.75 Å². The van der Waals surface area contributed by atoms with E-state index in [9.17, 15) is 24.8 Å². The van der Waals surface area contributed by atoms with Crippen molar-refractivity contribution in [2.75, 3.05) is 0 Å². The van der Waals surface area contributed by atoms with Crippen molar-refractivity contribution in [2.24, 2.45) is 5.10 Å². The number of phenolic OH excluding ortho intramolecular Hbond substituents is 1. The minimum atomic E-state index is -0.692. The Balaban J connectivity index is 1.81. The second-order valence-electron chi connectivity index (χ2n) is 6.52. The van der Waals surface area contributed by atoms with E-state index >= 15 is 0 Å². The van der Waals surface area contributed by atoms with Crippen molar-refractivity contribution in [2.45, 2.75) is 0 Å². The van der Waals surface area contributed by atoms with Crippen LogP contribution in [0.3, 0.4) is 0 Å². The fourth-order valence-corrected chi connectivity index (χ4v) is 2.59. The first-order valence-electron chi connectivity index (χ1n) is 9.37. The molecule has 0 unspecified atom stereocenters. The van der Waals surface area contributed by atoms with Crippen LogP contribution < -0.4 is 10.7 Å². The molecular formula is C23H18N4O5. The van der Waals surface area contributed by atoms with Gasteiger partial charge in [-0.1, -0.05) is 18.2 Å². The molecule has 3 aromatic rings. The number of nitro groups is 1. The number of rotatable bonds is 7. The number of phenols is 1. The number of hydrogen-bond donors (Lipinski definition) is 3. The molecule has 0 fully saturated rings. The van der Waals surface area contributed by atoms with Gasteiger partial charge < -0.3 is 10.4 Å². The van der Waals surface area contributed by atoms with E-state index in [-0.39, 0.29) is 17.1 Å². The molecule has 0 bridgehead atoms. The first-order chi connectivity index (χ1) is 15.4. The van der Waals surface area contributed by atoms with Gasteiger partial charge in [0.1, 0.15) is 11.4 Å². The Morgan fingerprint density at radius 2 is 1.53 bits per heavy atom. The van der Waals surface area contributed by atoms with Crippen molar-refractivity contribution in [3.05, 3.63) is 111 Å². The number of hydrogen-bond acceptors (Lipinski definition) is 6. The number of nitro benzene ring substituents is 1. The number of carbonyl (C=O) groups is 2. The summed E-state index contributed by atoms with van der Waals surface area (Å²) in [5.74, 6) is -1.10. The van der Waals surface area contributed by atoms with E-state index in [1.165, 1.54) is 48.7 Å². The van der Waals surface area contributed by atoms with Gasteiger partial charge in [0, 0.05) is 17.7 Å². The normalized spacial score (nSPS) is 11.2. The van der Waals surface area contributed by atoms with E-state index in [1.54, 1.807) is 42.5 Å². The number of carbonyl (C=O) groups excluding carboxylic acids is 2. The molecule has 9 heteroatoms. The van der Waals surface area contributed by atoms with Crippen LogP contribution in [0.25, 0.3) is 6.08 Å². The molecule has 0 atom stereocenters. The fraction of sp³-hybridized carbons (Fsp3) is 0. The molecule has 160 valence electrons. The van der Waals surface area contributed by atoms with Crippen molar-refractivity contribution in [3.63, 3.8) is 0 Å². The molecule has 0 aromatic heterocycles. The third-order valence-corrected chi connectivity index (χ3v) is 4.22. The maximum atomic E-state index is 12.7. The minimum absolute atomic E-state index is 0.0972. The zero-order valence-corrected chi connectivity index (χ0v) is 16.6. The first-order valence-corrected chi connectivity index (χ1v) is 9.37. The fourth-order valence-electron chi connectivity index (χ4n) is 2.59. The van der Waals surface area contributed by atoms with Crippen LogP contribution in [0.4, 0.5) is 5.69 Å². The summed E-state index contributed by atoms with van der Waals surface area (Å²) in [6, 6.07) is 20.0. The molecule has 0 spiro atoms. The lowest BCUT2D eigenvalue weighted by molar-refractivity contribution is -0.384. The van der Waals surface area contributed by atoms with Gasteiger partial charge in [0.15, 0.2) is 0 Å². The highest BCUT2D eigenvalue weighted by Gasteiger charge is 2.14. The lowest BCUT2D eigenvalue weighted by Gasteiger charge is -2.09. The Labute approximate surface area is 182 Å². The first kappa shape index (κ1) is 21.9. The zero-order valence-electron chi connectivity index (χ0n) is 16.6. The summed E-state index contributed by atoms with van der Waals surface area (Å²) in [6.07, 6.45) is 2.76. The van der Waals surface area contributed by atoms with E-state index in [2.05, 4.69) is 15.8 Å². The number of benzene rings is 3. The smallest absolute Gasteiger partial charge is 0.287 e. The molecule has 0 saturated heterocycles. The summed E-state index contributed by atoms with van der Waals surface area (Å²) in [6.45, 7) is 0. The van der Waals surface area contributed by atoms with Crippen LogP contribution in [0, 0.1) is 10.1 Å². The van der Waals surface area contributed by atoms with E-state index in [1.807, 2.05) is 0 Å². The molecule has 0 aliphatic heterocycles. The zero-order chi connectivity index (χ0) is 22.9. The lowest BCUT2D eigenvalue weighted by atomic mass is 10.1. The monoisotopic (exact) mass is 430 g/mol. The van der Waals surface area contributed by atoms with E-state index in [4.69, 9.17) is 0 Å². The van der Waals surface area contributed by atoms with Gasteiger partial charge in [-0.05, 0) is 65.7 Å². The van der Waals surface area contributed by atoms with Crippen LogP contribution in [0.1, 0.15) is 21.5 Å². The van der Waals surface area contributed by atoms with E-state index in [0.717, 1.165) is 0 Å². The third kappa shape index (κ3) is 6.10. The molecule has 3 rings (SSSR count). The number of amides is 2. The van der Waals surface area contributed by atoms with Crippen LogP contribution in [0.15, 0.2) is 89.7 Å². The van der Waals surface area contributed by atoms with Gasteiger partial charge in [0.05, 0.1) is 11.1 Å². The van der Waals surface area contributed by atoms with Crippen LogP contribution in [0.2, 0.25) is 0 Å². The Kier molecular flexibility index (Phi) is 7.05. The molecule has 2 amide bonds. The molecule has 3 N–H and O–H groups in total. The highest BCUT2D eigenvalue weighted by molar-refractivity contribution is 6.05. The second-order valence-corrected chi connectivity index (χ2v) is 6.52. The standard InChI is InChI=1S/C23H18N4O5/c28-20-12-8-17(9-13-20)15-24-26-23(30)21(25-22(29)18-4-2-1-3-5-18)14-16-6-10-19(11-7-16)27(31)32/h1-15,28H,(H,25,29)(H,26,30)/b21-14-,24-15-. The summed E-state index contributed by atoms with van der Waals surface area (Å²) in [5.41, 5.74) is 3.59. The molecule has 0 heterocycles. The molecular weight excluding hydrogens is 412 g/mol. The third-order valence-electron chi connectivity index (χ3n) is 4.22. The Morgan fingerprint density at radius 3 is 2.16 bits per heavy atom. The topological polar surface area (TPSA) is 134 Å². The van der Waals surface area contributed by atoms with E-state index < -0.39 is 16.7 Å². The average molecular weight is 430 g/mol. The van der Waals surface area contributed by atoms with Crippen molar-refractivity contribution in [1.29, 1.82) is 0 Å². The van der Waals surface area contributed by atoms with Gasteiger partial charge in [0.25, 0.3) is 17.5 Å². The number of aromatic hydroxyl groups is 1. The summed E-state index contributed by atoms with van der Waals surface area (Å²) in [4.78, 5) is 35.5.